The number of rotatable bonds is 6. The Kier molecular flexibility index (Phi) is 6.13. The van der Waals surface area contributed by atoms with Crippen LogP contribution in [0.1, 0.15) is 52.3 Å². The van der Waals surface area contributed by atoms with Crippen LogP contribution in [0.5, 0.6) is 5.75 Å². The molecule has 31 heavy (non-hydrogen) atoms. The van der Waals surface area contributed by atoms with Crippen LogP contribution >= 0.6 is 0 Å². The SMILES string of the molecule is COC(=O)CCc1ccc(OC2CCc3cc(-c4c(C)cc(C)cc4C)ccc32)cc1. The van der Waals surface area contributed by atoms with Crippen LogP contribution in [0.4, 0.5) is 0 Å². The number of carbonyl (C=O) groups excluding carboxylic acids is 1. The lowest BCUT2D eigenvalue weighted by Gasteiger charge is -2.17. The van der Waals surface area contributed by atoms with Crippen molar-refractivity contribution in [2.75, 3.05) is 7.11 Å². The van der Waals surface area contributed by atoms with Crippen LogP contribution in [-0.2, 0) is 22.4 Å². The van der Waals surface area contributed by atoms with Crippen molar-refractivity contribution < 1.29 is 14.3 Å². The lowest BCUT2D eigenvalue weighted by atomic mass is 9.92. The topological polar surface area (TPSA) is 35.5 Å². The summed E-state index contributed by atoms with van der Waals surface area (Å²) in [5.74, 6) is 0.687. The van der Waals surface area contributed by atoms with E-state index in [9.17, 15) is 4.79 Å². The third-order valence-corrected chi connectivity index (χ3v) is 6.18. The molecule has 3 heteroatoms. The number of methoxy groups -OCH3 is 1. The third-order valence-electron chi connectivity index (χ3n) is 6.18. The van der Waals surface area contributed by atoms with Gasteiger partial charge < -0.3 is 9.47 Å². The first-order valence-corrected chi connectivity index (χ1v) is 11.0. The number of esters is 1. The van der Waals surface area contributed by atoms with E-state index < -0.39 is 0 Å². The maximum absolute atomic E-state index is 11.3. The molecule has 0 amide bonds. The molecular weight excluding hydrogens is 384 g/mol. The van der Waals surface area contributed by atoms with Gasteiger partial charge in [-0.3, -0.25) is 4.79 Å². The fraction of sp³-hybridized carbons (Fsp3) is 0.321. The molecule has 0 N–H and O–H groups in total. The molecule has 0 spiro atoms. The van der Waals surface area contributed by atoms with Crippen LogP contribution < -0.4 is 4.74 Å². The minimum Gasteiger partial charge on any atom is -0.486 e. The standard InChI is InChI=1S/C28H30O3/c1-18-15-19(2)28(20(3)16-18)23-8-12-25-22(17-23)9-13-26(25)31-24-10-5-21(6-11-24)7-14-27(29)30-4/h5-6,8,10-12,15-17,26H,7,9,13-14H2,1-4H3. The summed E-state index contributed by atoms with van der Waals surface area (Å²) in [6, 6.07) is 19.4. The van der Waals surface area contributed by atoms with Crippen molar-refractivity contribution in [3.8, 4) is 16.9 Å². The lowest BCUT2D eigenvalue weighted by Crippen LogP contribution is -2.04. The van der Waals surface area contributed by atoms with E-state index in [4.69, 9.17) is 9.47 Å². The van der Waals surface area contributed by atoms with Gasteiger partial charge in [0.05, 0.1) is 7.11 Å². The average molecular weight is 415 g/mol. The zero-order chi connectivity index (χ0) is 22.0. The summed E-state index contributed by atoms with van der Waals surface area (Å²) < 4.78 is 11.0. The zero-order valence-corrected chi connectivity index (χ0v) is 18.8. The molecule has 1 aliphatic rings. The summed E-state index contributed by atoms with van der Waals surface area (Å²) in [4.78, 5) is 11.3. The molecule has 0 saturated carbocycles. The highest BCUT2D eigenvalue weighted by atomic mass is 16.5. The number of aryl methyl sites for hydroxylation is 5. The highest BCUT2D eigenvalue weighted by Crippen LogP contribution is 2.38. The predicted octanol–water partition coefficient (Wildman–Crippen LogP) is 6.45. The Morgan fingerprint density at radius 2 is 1.68 bits per heavy atom. The van der Waals surface area contributed by atoms with E-state index >= 15 is 0 Å². The molecule has 3 nitrogen and oxygen atoms in total. The Bertz CT molecular complexity index is 1070. The largest absolute Gasteiger partial charge is 0.486 e. The Labute approximate surface area is 185 Å². The van der Waals surface area contributed by atoms with E-state index in [-0.39, 0.29) is 12.1 Å². The fourth-order valence-corrected chi connectivity index (χ4v) is 4.74. The number of ether oxygens (including phenoxy) is 2. The number of benzene rings is 3. The summed E-state index contributed by atoms with van der Waals surface area (Å²) in [6.07, 6.45) is 3.20. The first-order valence-electron chi connectivity index (χ1n) is 11.0. The van der Waals surface area contributed by atoms with Gasteiger partial charge in [0.1, 0.15) is 11.9 Å². The molecule has 3 aromatic rings. The molecule has 160 valence electrons. The van der Waals surface area contributed by atoms with Gasteiger partial charge in [0, 0.05) is 6.42 Å². The van der Waals surface area contributed by atoms with E-state index in [0.717, 1.165) is 24.2 Å². The summed E-state index contributed by atoms with van der Waals surface area (Å²) in [6.45, 7) is 6.55. The van der Waals surface area contributed by atoms with E-state index in [2.05, 4.69) is 51.1 Å². The van der Waals surface area contributed by atoms with Gasteiger partial charge in [-0.1, -0.05) is 48.0 Å². The van der Waals surface area contributed by atoms with Gasteiger partial charge in [-0.25, -0.2) is 0 Å². The smallest absolute Gasteiger partial charge is 0.305 e. The zero-order valence-electron chi connectivity index (χ0n) is 18.8. The van der Waals surface area contributed by atoms with Crippen LogP contribution in [0.25, 0.3) is 11.1 Å². The Morgan fingerprint density at radius 3 is 2.35 bits per heavy atom. The molecular formula is C28H30O3. The van der Waals surface area contributed by atoms with Gasteiger partial charge >= 0.3 is 5.97 Å². The predicted molar refractivity (Wildman–Crippen MR) is 125 cm³/mol. The second kappa shape index (κ2) is 8.97. The van der Waals surface area contributed by atoms with Crippen molar-refractivity contribution in [2.45, 2.75) is 52.6 Å². The fourth-order valence-electron chi connectivity index (χ4n) is 4.74. The van der Waals surface area contributed by atoms with Gasteiger partial charge in [0.25, 0.3) is 0 Å². The van der Waals surface area contributed by atoms with Crippen LogP contribution in [0.2, 0.25) is 0 Å². The molecule has 0 radical (unpaired) electrons. The average Bonchev–Trinajstić information content (AvgIpc) is 3.14. The van der Waals surface area contributed by atoms with Crippen molar-refractivity contribution in [1.82, 2.24) is 0 Å². The Hall–Kier alpha value is -3.07. The number of carbonyl (C=O) groups is 1. The summed E-state index contributed by atoms with van der Waals surface area (Å²) >= 11 is 0. The van der Waals surface area contributed by atoms with Gasteiger partial charge in [-0.2, -0.15) is 0 Å². The van der Waals surface area contributed by atoms with Gasteiger partial charge in [0.15, 0.2) is 0 Å². The molecule has 0 heterocycles. The summed E-state index contributed by atoms with van der Waals surface area (Å²) in [7, 11) is 1.42. The van der Waals surface area contributed by atoms with E-state index in [1.54, 1.807) is 0 Å². The highest BCUT2D eigenvalue weighted by Gasteiger charge is 2.25. The first-order chi connectivity index (χ1) is 14.9. The van der Waals surface area contributed by atoms with E-state index in [1.807, 2.05) is 24.3 Å². The number of hydrogen-bond acceptors (Lipinski definition) is 3. The molecule has 1 aliphatic carbocycles. The van der Waals surface area contributed by atoms with Crippen LogP contribution in [0.15, 0.2) is 54.6 Å². The molecule has 0 aliphatic heterocycles. The highest BCUT2D eigenvalue weighted by molar-refractivity contribution is 5.72. The molecule has 1 atom stereocenters. The van der Waals surface area contributed by atoms with Crippen LogP contribution in [-0.4, -0.2) is 13.1 Å². The van der Waals surface area contributed by atoms with Crippen molar-refractivity contribution in [3.05, 3.63) is 88.0 Å². The van der Waals surface area contributed by atoms with Crippen LogP contribution in [0, 0.1) is 20.8 Å². The first kappa shape index (κ1) is 21.2. The van der Waals surface area contributed by atoms with Gasteiger partial charge in [-0.15, -0.1) is 0 Å². The second-order valence-corrected chi connectivity index (χ2v) is 8.55. The van der Waals surface area contributed by atoms with Crippen molar-refractivity contribution in [1.29, 1.82) is 0 Å². The molecule has 0 aromatic heterocycles. The monoisotopic (exact) mass is 414 g/mol. The number of fused-ring (bicyclic) bond motifs is 1. The summed E-state index contributed by atoms with van der Waals surface area (Å²) in [5, 5.41) is 0. The third kappa shape index (κ3) is 4.66. The Morgan fingerprint density at radius 1 is 0.968 bits per heavy atom. The molecule has 0 saturated heterocycles. The minimum atomic E-state index is -0.182. The van der Waals surface area contributed by atoms with Crippen molar-refractivity contribution >= 4 is 5.97 Å². The molecule has 4 rings (SSSR count). The molecule has 0 bridgehead atoms. The van der Waals surface area contributed by atoms with Gasteiger partial charge in [-0.05, 0) is 91.1 Å². The quantitative estimate of drug-likeness (QED) is 0.435. The number of hydrogen-bond donors (Lipinski definition) is 0. The van der Waals surface area contributed by atoms with Crippen LogP contribution in [0.3, 0.4) is 0 Å². The second-order valence-electron chi connectivity index (χ2n) is 8.55. The summed E-state index contributed by atoms with van der Waals surface area (Å²) in [5.41, 5.74) is 10.4. The van der Waals surface area contributed by atoms with Crippen molar-refractivity contribution in [3.63, 3.8) is 0 Å². The Balaban J connectivity index is 1.48. The normalized spacial score (nSPS) is 14.9. The van der Waals surface area contributed by atoms with Crippen molar-refractivity contribution in [2.24, 2.45) is 0 Å². The molecule has 0 fully saturated rings. The maximum atomic E-state index is 11.3. The van der Waals surface area contributed by atoms with Gasteiger partial charge in [0.2, 0.25) is 0 Å². The minimum absolute atomic E-state index is 0.0881. The molecule has 3 aromatic carbocycles. The molecule has 1 unspecified atom stereocenters. The van der Waals surface area contributed by atoms with E-state index in [1.165, 1.54) is 46.1 Å². The maximum Gasteiger partial charge on any atom is 0.305 e. The van der Waals surface area contributed by atoms with E-state index in [0.29, 0.717) is 12.8 Å². The lowest BCUT2D eigenvalue weighted by molar-refractivity contribution is -0.140.